The van der Waals surface area contributed by atoms with Crippen LogP contribution in [0.15, 0.2) is 65.6 Å². The van der Waals surface area contributed by atoms with Crippen molar-refractivity contribution in [3.8, 4) is 17.4 Å². The summed E-state index contributed by atoms with van der Waals surface area (Å²) in [6, 6.07) is 16.9. The maximum atomic E-state index is 13.3. The summed E-state index contributed by atoms with van der Waals surface area (Å²) in [5.74, 6) is 1.24. The fraction of sp³-hybridized carbons (Fsp3) is 0.240. The Hall–Kier alpha value is -2.94. The quantitative estimate of drug-likeness (QED) is 0.227. The highest BCUT2D eigenvalue weighted by Crippen LogP contribution is 2.33. The van der Waals surface area contributed by atoms with Crippen LogP contribution in [0.5, 0.6) is 17.4 Å². The maximum Gasteiger partial charge on any atom is 0.283 e. The molecule has 3 aromatic carbocycles. The predicted molar refractivity (Wildman–Crippen MR) is 137 cm³/mol. The van der Waals surface area contributed by atoms with Crippen molar-refractivity contribution in [2.45, 2.75) is 24.7 Å². The van der Waals surface area contributed by atoms with E-state index in [-0.39, 0.29) is 10.8 Å². The topological polar surface area (TPSA) is 79.7 Å². The summed E-state index contributed by atoms with van der Waals surface area (Å²) in [6.07, 6.45) is 1.32. The van der Waals surface area contributed by atoms with Crippen LogP contribution < -0.4 is 14.2 Å². The van der Waals surface area contributed by atoms with Gasteiger partial charge in [-0.1, -0.05) is 47.0 Å². The van der Waals surface area contributed by atoms with Gasteiger partial charge in [-0.2, -0.15) is 8.42 Å². The van der Waals surface area contributed by atoms with E-state index in [1.54, 1.807) is 67.8 Å². The van der Waals surface area contributed by atoms with Gasteiger partial charge in [-0.05, 0) is 62.2 Å². The van der Waals surface area contributed by atoms with Crippen molar-refractivity contribution in [1.29, 1.82) is 0 Å². The Kier molecular flexibility index (Phi) is 7.74. The average molecular weight is 535 g/mol. The number of halogens is 2. The molecule has 1 heterocycles. The fourth-order valence-electron chi connectivity index (χ4n) is 3.44. The highest BCUT2D eigenvalue weighted by atomic mass is 35.5. The molecule has 0 unspecified atom stereocenters. The zero-order valence-corrected chi connectivity index (χ0v) is 21.5. The van der Waals surface area contributed by atoms with E-state index in [1.807, 2.05) is 6.92 Å². The Morgan fingerprint density at radius 2 is 1.57 bits per heavy atom. The van der Waals surface area contributed by atoms with E-state index in [0.29, 0.717) is 58.5 Å². The number of aromatic nitrogens is 2. The molecule has 0 atom stereocenters. The number of hydrogen-bond acceptors (Lipinski definition) is 6. The summed E-state index contributed by atoms with van der Waals surface area (Å²) in [5.41, 5.74) is 1.36. The molecule has 0 radical (unpaired) electrons. The average Bonchev–Trinajstić information content (AvgIpc) is 3.21. The van der Waals surface area contributed by atoms with Crippen molar-refractivity contribution in [1.82, 2.24) is 9.19 Å². The van der Waals surface area contributed by atoms with E-state index in [2.05, 4.69) is 5.10 Å². The van der Waals surface area contributed by atoms with Gasteiger partial charge in [-0.25, -0.2) is 0 Å². The first-order chi connectivity index (χ1) is 16.8. The lowest BCUT2D eigenvalue weighted by molar-refractivity contribution is 0.262. The lowest BCUT2D eigenvalue weighted by Gasteiger charge is -2.09. The third-order valence-corrected chi connectivity index (χ3v) is 7.51. The molecule has 0 aliphatic rings. The summed E-state index contributed by atoms with van der Waals surface area (Å²) >= 11 is 12.2. The minimum absolute atomic E-state index is 0.144. The van der Waals surface area contributed by atoms with Crippen molar-refractivity contribution in [2.75, 3.05) is 20.3 Å². The highest BCUT2D eigenvalue weighted by molar-refractivity contribution is 7.90. The number of benzene rings is 3. The maximum absolute atomic E-state index is 13.3. The first kappa shape index (κ1) is 25.2. The van der Waals surface area contributed by atoms with Gasteiger partial charge in [0.2, 0.25) is 5.88 Å². The zero-order valence-electron chi connectivity index (χ0n) is 19.2. The van der Waals surface area contributed by atoms with Gasteiger partial charge in [0.05, 0.1) is 46.2 Å². The monoisotopic (exact) mass is 534 g/mol. The molecule has 7 nitrogen and oxygen atoms in total. The molecule has 0 spiro atoms. The van der Waals surface area contributed by atoms with Gasteiger partial charge in [-0.15, -0.1) is 9.19 Å². The highest BCUT2D eigenvalue weighted by Gasteiger charge is 2.24. The number of hydrogen-bond donors (Lipinski definition) is 0. The van der Waals surface area contributed by atoms with Gasteiger partial charge >= 0.3 is 0 Å². The summed E-state index contributed by atoms with van der Waals surface area (Å²) in [5, 5.41) is 5.76. The molecular formula is C25H24Cl2N2O5S. The number of fused-ring (bicyclic) bond motifs is 1. The van der Waals surface area contributed by atoms with E-state index in [1.165, 1.54) is 0 Å². The molecule has 4 rings (SSSR count). The van der Waals surface area contributed by atoms with Crippen LogP contribution in [0.25, 0.3) is 10.9 Å². The van der Waals surface area contributed by atoms with Gasteiger partial charge in [0, 0.05) is 0 Å². The zero-order chi connectivity index (χ0) is 25.0. The van der Waals surface area contributed by atoms with Crippen molar-refractivity contribution < 1.29 is 22.6 Å². The number of aryl methyl sites for hydroxylation is 1. The van der Waals surface area contributed by atoms with Gasteiger partial charge < -0.3 is 14.2 Å². The minimum atomic E-state index is -3.92. The molecule has 0 aliphatic carbocycles. The number of nitrogens with zero attached hydrogens (tertiary/aromatic N) is 2. The van der Waals surface area contributed by atoms with Gasteiger partial charge in [0.15, 0.2) is 5.75 Å². The van der Waals surface area contributed by atoms with E-state index in [4.69, 9.17) is 37.4 Å². The lowest BCUT2D eigenvalue weighted by atomic mass is 10.2. The summed E-state index contributed by atoms with van der Waals surface area (Å²) in [4.78, 5) is 0.144. The molecule has 0 saturated heterocycles. The van der Waals surface area contributed by atoms with Crippen molar-refractivity contribution in [3.63, 3.8) is 0 Å². The predicted octanol–water partition coefficient (Wildman–Crippen LogP) is 6.14. The Morgan fingerprint density at radius 3 is 2.23 bits per heavy atom. The van der Waals surface area contributed by atoms with Crippen molar-refractivity contribution >= 4 is 44.1 Å². The second-order valence-electron chi connectivity index (χ2n) is 7.80. The van der Waals surface area contributed by atoms with Crippen LogP contribution in [0.4, 0.5) is 0 Å². The Balaban J connectivity index is 1.49. The van der Waals surface area contributed by atoms with Gasteiger partial charge in [0.25, 0.3) is 10.0 Å². The van der Waals surface area contributed by atoms with Crippen LogP contribution >= 0.6 is 23.2 Å². The summed E-state index contributed by atoms with van der Waals surface area (Å²) in [6.45, 7) is 2.61. The molecule has 0 fully saturated rings. The second-order valence-corrected chi connectivity index (χ2v) is 10.4. The van der Waals surface area contributed by atoms with E-state index < -0.39 is 10.0 Å². The Morgan fingerprint density at radius 1 is 0.914 bits per heavy atom. The Bertz CT molecular complexity index is 1420. The molecule has 184 valence electrons. The number of para-hydroxylation sites is 1. The largest absolute Gasteiger partial charge is 0.497 e. The molecule has 0 saturated carbocycles. The van der Waals surface area contributed by atoms with E-state index in [0.717, 1.165) is 9.65 Å². The van der Waals surface area contributed by atoms with Gasteiger partial charge in [-0.3, -0.25) is 0 Å². The van der Waals surface area contributed by atoms with Crippen LogP contribution in [0.2, 0.25) is 10.0 Å². The lowest BCUT2D eigenvalue weighted by Crippen LogP contribution is -2.14. The summed E-state index contributed by atoms with van der Waals surface area (Å²) in [7, 11) is -2.38. The van der Waals surface area contributed by atoms with Gasteiger partial charge in [0.1, 0.15) is 5.75 Å². The third kappa shape index (κ3) is 5.50. The SMILES string of the molecule is COc1ccc2c(c1)c(OCCCCOc1c(Cl)cccc1Cl)nn2S(=O)(=O)c1ccc(C)cc1. The van der Waals surface area contributed by atoms with Crippen LogP contribution in [0, 0.1) is 6.92 Å². The third-order valence-electron chi connectivity index (χ3n) is 5.31. The van der Waals surface area contributed by atoms with Crippen molar-refractivity contribution in [3.05, 3.63) is 76.3 Å². The molecule has 4 aromatic rings. The molecule has 35 heavy (non-hydrogen) atoms. The molecule has 1 aromatic heterocycles. The minimum Gasteiger partial charge on any atom is -0.497 e. The molecule has 0 N–H and O–H groups in total. The first-order valence-electron chi connectivity index (χ1n) is 10.9. The van der Waals surface area contributed by atoms with Crippen LogP contribution in [0.3, 0.4) is 0 Å². The number of methoxy groups -OCH3 is 1. The standard InChI is InChI=1S/C25H24Cl2N2O5S/c1-17-8-11-19(12-9-17)35(30,31)29-23-13-10-18(32-2)16-20(23)25(28-29)34-15-4-3-14-33-24-21(26)6-5-7-22(24)27/h5-13,16H,3-4,14-15H2,1-2H3. The first-order valence-corrected chi connectivity index (χ1v) is 13.1. The Labute approximate surface area is 214 Å². The smallest absolute Gasteiger partial charge is 0.283 e. The number of ether oxygens (including phenoxy) is 3. The molecule has 0 aliphatic heterocycles. The molecular weight excluding hydrogens is 511 g/mol. The summed E-state index contributed by atoms with van der Waals surface area (Å²) < 4.78 is 44.5. The van der Waals surface area contributed by atoms with E-state index >= 15 is 0 Å². The second kappa shape index (κ2) is 10.8. The fourth-order valence-corrected chi connectivity index (χ4v) is 5.22. The van der Waals surface area contributed by atoms with Crippen LogP contribution in [-0.4, -0.2) is 37.9 Å². The number of unbranched alkanes of at least 4 members (excludes halogenated alkanes) is 1. The van der Waals surface area contributed by atoms with E-state index in [9.17, 15) is 8.42 Å². The van der Waals surface area contributed by atoms with Crippen molar-refractivity contribution in [2.24, 2.45) is 0 Å². The van der Waals surface area contributed by atoms with Crippen LogP contribution in [-0.2, 0) is 10.0 Å². The molecule has 10 heteroatoms. The molecule has 0 bridgehead atoms. The number of rotatable bonds is 10. The van der Waals surface area contributed by atoms with Crippen LogP contribution in [0.1, 0.15) is 18.4 Å². The molecule has 0 amide bonds. The normalized spacial score (nSPS) is 11.5.